The number of para-hydroxylation sites is 1. The number of nitrogens with zero attached hydrogens (tertiary/aromatic N) is 2. The van der Waals surface area contributed by atoms with Crippen LogP contribution in [0, 0.1) is 10.1 Å². The number of hydrogen-bond acceptors (Lipinski definition) is 6. The lowest BCUT2D eigenvalue weighted by Crippen LogP contribution is -2.46. The molecule has 1 aromatic heterocycles. The van der Waals surface area contributed by atoms with Gasteiger partial charge in [-0.05, 0) is 18.2 Å². The molecule has 0 bridgehead atoms. The zero-order chi connectivity index (χ0) is 21.0. The number of pyridine rings is 1. The number of benzene rings is 2. The molecule has 0 aliphatic rings. The Kier molecular flexibility index (Phi) is 5.68. The smallest absolute Gasteiger partial charge is 0.269 e. The molecule has 29 heavy (non-hydrogen) atoms. The van der Waals surface area contributed by atoms with Gasteiger partial charge in [0.15, 0.2) is 0 Å². The van der Waals surface area contributed by atoms with E-state index in [9.17, 15) is 19.7 Å². The van der Waals surface area contributed by atoms with Gasteiger partial charge in [0.2, 0.25) is 5.91 Å². The first-order valence-corrected chi connectivity index (χ1v) is 8.66. The lowest BCUT2D eigenvalue weighted by atomic mass is 10.0. The monoisotopic (exact) mass is 394 g/mol. The maximum Gasteiger partial charge on any atom is 0.269 e. The van der Waals surface area contributed by atoms with E-state index in [-0.39, 0.29) is 12.1 Å². The number of nitrogens with two attached hydrogens (primary N) is 1. The number of methoxy groups -OCH3 is 1. The van der Waals surface area contributed by atoms with Crippen LogP contribution in [0.25, 0.3) is 10.9 Å². The van der Waals surface area contributed by atoms with Gasteiger partial charge in [-0.2, -0.15) is 0 Å². The number of primary amides is 1. The maximum absolute atomic E-state index is 12.8. The van der Waals surface area contributed by atoms with Gasteiger partial charge in [-0.25, -0.2) is 0 Å². The number of nitro groups is 1. The molecule has 0 fully saturated rings. The van der Waals surface area contributed by atoms with Crippen LogP contribution in [0.15, 0.2) is 54.7 Å². The molecule has 2 amide bonds. The molecule has 0 saturated carbocycles. The number of carbonyl (C=O) groups excluding carboxylic acids is 2. The first-order valence-electron chi connectivity index (χ1n) is 8.66. The lowest BCUT2D eigenvalue weighted by Gasteiger charge is -2.17. The van der Waals surface area contributed by atoms with Crippen LogP contribution < -0.4 is 15.8 Å². The Balaban J connectivity index is 1.89. The van der Waals surface area contributed by atoms with Gasteiger partial charge in [-0.1, -0.05) is 18.2 Å². The zero-order valence-corrected chi connectivity index (χ0v) is 15.5. The highest BCUT2D eigenvalue weighted by atomic mass is 16.6. The summed E-state index contributed by atoms with van der Waals surface area (Å²) in [5.41, 5.74) is 6.47. The van der Waals surface area contributed by atoms with Crippen LogP contribution >= 0.6 is 0 Å². The zero-order valence-electron chi connectivity index (χ0n) is 15.5. The third-order valence-corrected chi connectivity index (χ3v) is 4.42. The highest BCUT2D eigenvalue weighted by Gasteiger charge is 2.23. The largest absolute Gasteiger partial charge is 0.496 e. The van der Waals surface area contributed by atoms with Crippen molar-refractivity contribution in [3.05, 3.63) is 76.0 Å². The highest BCUT2D eigenvalue weighted by molar-refractivity contribution is 6.06. The van der Waals surface area contributed by atoms with Gasteiger partial charge in [-0.15, -0.1) is 0 Å². The van der Waals surface area contributed by atoms with E-state index in [1.54, 1.807) is 24.4 Å². The molecular formula is C20H18N4O5. The molecule has 0 unspecified atom stereocenters. The number of hydrogen-bond donors (Lipinski definition) is 2. The first-order chi connectivity index (χ1) is 13.9. The second-order valence-electron chi connectivity index (χ2n) is 6.27. The quantitative estimate of drug-likeness (QED) is 0.464. The van der Waals surface area contributed by atoms with Crippen LogP contribution in [0.4, 0.5) is 5.69 Å². The summed E-state index contributed by atoms with van der Waals surface area (Å²) in [5.74, 6) is -0.953. The third-order valence-electron chi connectivity index (χ3n) is 4.42. The number of ether oxygens (including phenoxy) is 1. The van der Waals surface area contributed by atoms with Crippen LogP contribution in [0.5, 0.6) is 5.75 Å². The number of nitrogens with one attached hydrogen (secondary N) is 1. The van der Waals surface area contributed by atoms with Crippen LogP contribution in [0.2, 0.25) is 0 Å². The molecule has 3 aromatic rings. The molecule has 0 spiro atoms. The number of rotatable bonds is 7. The standard InChI is InChI=1S/C20H18N4O5/c1-29-17-8-7-14(24(27)28)10-13(17)11-16(19(21)25)23-20(26)15-6-2-4-12-5-3-9-22-18(12)15/h2-10,16H,11H2,1H3,(H2,21,25)(H,23,26)/t16-/m1/s1. The summed E-state index contributed by atoms with van der Waals surface area (Å²) in [6.45, 7) is 0. The number of carbonyl (C=O) groups is 2. The van der Waals surface area contributed by atoms with Gasteiger partial charge >= 0.3 is 0 Å². The number of aromatic nitrogens is 1. The van der Waals surface area contributed by atoms with E-state index in [4.69, 9.17) is 10.5 Å². The minimum atomic E-state index is -1.10. The number of non-ortho nitro benzene ring substituents is 1. The Morgan fingerprint density at radius 3 is 2.69 bits per heavy atom. The van der Waals surface area contributed by atoms with Crippen molar-refractivity contribution in [2.75, 3.05) is 7.11 Å². The Labute approximate surface area is 165 Å². The Morgan fingerprint density at radius 2 is 2.00 bits per heavy atom. The summed E-state index contributed by atoms with van der Waals surface area (Å²) >= 11 is 0. The van der Waals surface area contributed by atoms with Gasteiger partial charge in [0.1, 0.15) is 11.8 Å². The summed E-state index contributed by atoms with van der Waals surface area (Å²) in [6, 6.07) is 11.6. The van der Waals surface area contributed by atoms with E-state index in [1.807, 2.05) is 12.1 Å². The van der Waals surface area contributed by atoms with Crippen molar-refractivity contribution in [2.45, 2.75) is 12.5 Å². The van der Waals surface area contributed by atoms with Crippen molar-refractivity contribution in [3.63, 3.8) is 0 Å². The van der Waals surface area contributed by atoms with Gasteiger partial charge in [0, 0.05) is 35.7 Å². The normalized spacial score (nSPS) is 11.6. The molecule has 1 heterocycles. The van der Waals surface area contributed by atoms with E-state index in [0.717, 1.165) is 5.39 Å². The van der Waals surface area contributed by atoms with Gasteiger partial charge < -0.3 is 15.8 Å². The lowest BCUT2D eigenvalue weighted by molar-refractivity contribution is -0.384. The van der Waals surface area contributed by atoms with E-state index in [0.29, 0.717) is 22.4 Å². The SMILES string of the molecule is COc1ccc([N+](=O)[O-])cc1C[C@@H](NC(=O)c1cccc2cccnc12)C(N)=O. The average molecular weight is 394 g/mol. The minimum Gasteiger partial charge on any atom is -0.496 e. The second kappa shape index (κ2) is 8.34. The number of amides is 2. The maximum atomic E-state index is 12.8. The average Bonchev–Trinajstić information content (AvgIpc) is 2.72. The number of fused-ring (bicyclic) bond motifs is 1. The molecule has 1 atom stereocenters. The Bertz CT molecular complexity index is 1090. The first kappa shape index (κ1) is 19.7. The van der Waals surface area contributed by atoms with Gasteiger partial charge in [0.25, 0.3) is 11.6 Å². The summed E-state index contributed by atoms with van der Waals surface area (Å²) in [4.78, 5) is 39.5. The van der Waals surface area contributed by atoms with E-state index in [2.05, 4.69) is 10.3 Å². The molecule has 0 saturated heterocycles. The van der Waals surface area contributed by atoms with Gasteiger partial charge in [0.05, 0.1) is 23.1 Å². The molecule has 3 N–H and O–H groups in total. The molecule has 148 valence electrons. The van der Waals surface area contributed by atoms with E-state index >= 15 is 0 Å². The Hall–Kier alpha value is -4.01. The Morgan fingerprint density at radius 1 is 1.24 bits per heavy atom. The fraction of sp³-hybridized carbons (Fsp3) is 0.150. The van der Waals surface area contributed by atoms with Gasteiger partial charge in [-0.3, -0.25) is 24.7 Å². The topological polar surface area (TPSA) is 137 Å². The molecule has 9 nitrogen and oxygen atoms in total. The third kappa shape index (κ3) is 4.29. The van der Waals surface area contributed by atoms with Crippen molar-refractivity contribution in [1.29, 1.82) is 0 Å². The molecular weight excluding hydrogens is 376 g/mol. The van der Waals surface area contributed by atoms with E-state index in [1.165, 1.54) is 25.3 Å². The van der Waals surface area contributed by atoms with Crippen molar-refractivity contribution >= 4 is 28.4 Å². The second-order valence-corrected chi connectivity index (χ2v) is 6.27. The molecule has 9 heteroatoms. The predicted octanol–water partition coefficient (Wildman–Crippen LogP) is 1.98. The van der Waals surface area contributed by atoms with Crippen molar-refractivity contribution < 1.29 is 19.2 Å². The fourth-order valence-corrected chi connectivity index (χ4v) is 3.00. The minimum absolute atomic E-state index is 0.0654. The van der Waals surface area contributed by atoms with E-state index < -0.39 is 22.8 Å². The van der Waals surface area contributed by atoms with Crippen molar-refractivity contribution in [2.24, 2.45) is 5.73 Å². The fourth-order valence-electron chi connectivity index (χ4n) is 3.00. The summed E-state index contributed by atoms with van der Waals surface area (Å²) < 4.78 is 5.21. The summed E-state index contributed by atoms with van der Waals surface area (Å²) in [7, 11) is 1.41. The molecule has 3 rings (SSSR count). The van der Waals surface area contributed by atoms with Crippen LogP contribution in [-0.4, -0.2) is 34.9 Å². The van der Waals surface area contributed by atoms with Crippen molar-refractivity contribution in [1.82, 2.24) is 10.3 Å². The van der Waals surface area contributed by atoms with Crippen LogP contribution in [0.1, 0.15) is 15.9 Å². The molecule has 0 aliphatic heterocycles. The summed E-state index contributed by atoms with van der Waals surface area (Å²) in [5, 5.41) is 14.4. The van der Waals surface area contributed by atoms with Crippen LogP contribution in [-0.2, 0) is 11.2 Å². The summed E-state index contributed by atoms with van der Waals surface area (Å²) in [6.07, 6.45) is 1.50. The predicted molar refractivity (Wildman–Crippen MR) is 106 cm³/mol. The highest BCUT2D eigenvalue weighted by Crippen LogP contribution is 2.25. The molecule has 0 aliphatic carbocycles. The van der Waals surface area contributed by atoms with Crippen LogP contribution in [0.3, 0.4) is 0 Å². The number of nitro benzene ring substituents is 1. The van der Waals surface area contributed by atoms with Crippen molar-refractivity contribution in [3.8, 4) is 5.75 Å². The molecule has 2 aromatic carbocycles. The molecule has 0 radical (unpaired) electrons.